The molecule has 0 bridgehead atoms. The molecular formula is C13H22O2. The molecule has 0 N–H and O–H groups in total. The second kappa shape index (κ2) is 8.27. The van der Waals surface area contributed by atoms with E-state index in [1.165, 1.54) is 5.57 Å². The summed E-state index contributed by atoms with van der Waals surface area (Å²) in [6.45, 7) is 10.3. The van der Waals surface area contributed by atoms with Crippen LogP contribution in [0.4, 0.5) is 0 Å². The van der Waals surface area contributed by atoms with E-state index in [0.29, 0.717) is 18.9 Å². The predicted octanol–water partition coefficient (Wildman–Crippen LogP) is 3.49. The molecule has 0 fully saturated rings. The van der Waals surface area contributed by atoms with Crippen LogP contribution in [0.15, 0.2) is 24.3 Å². The van der Waals surface area contributed by atoms with Gasteiger partial charge in [0.05, 0.1) is 6.61 Å². The van der Waals surface area contributed by atoms with Crippen LogP contribution in [-0.4, -0.2) is 12.6 Å². The topological polar surface area (TPSA) is 26.3 Å². The lowest BCUT2D eigenvalue weighted by atomic mass is 9.98. The number of carbonyl (C=O) groups is 1. The summed E-state index contributed by atoms with van der Waals surface area (Å²) in [5.74, 6) is 0.351. The Labute approximate surface area is 93.0 Å². The van der Waals surface area contributed by atoms with Crippen molar-refractivity contribution >= 4 is 5.97 Å². The van der Waals surface area contributed by atoms with Crippen LogP contribution in [0, 0.1) is 5.92 Å². The molecule has 0 rings (SSSR count). The highest BCUT2D eigenvalue weighted by molar-refractivity contribution is 5.68. The molecule has 0 aromatic rings. The number of hydrogen-bond acceptors (Lipinski definition) is 2. The minimum atomic E-state index is -0.116. The number of rotatable bonds is 7. The fourth-order valence-electron chi connectivity index (χ4n) is 1.15. The highest BCUT2D eigenvalue weighted by Crippen LogP contribution is 2.14. The maximum Gasteiger partial charge on any atom is 0.305 e. The summed E-state index contributed by atoms with van der Waals surface area (Å²) in [6, 6.07) is 0. The third-order valence-corrected chi connectivity index (χ3v) is 2.49. The van der Waals surface area contributed by atoms with Crippen molar-refractivity contribution in [1.29, 1.82) is 0 Å². The van der Waals surface area contributed by atoms with Crippen molar-refractivity contribution in [2.75, 3.05) is 6.61 Å². The Hall–Kier alpha value is -1.05. The van der Waals surface area contributed by atoms with Crippen LogP contribution in [0.25, 0.3) is 0 Å². The van der Waals surface area contributed by atoms with Gasteiger partial charge in [-0.15, -0.1) is 6.58 Å². The summed E-state index contributed by atoms with van der Waals surface area (Å²) in [7, 11) is 0. The van der Waals surface area contributed by atoms with E-state index in [-0.39, 0.29) is 5.97 Å². The maximum absolute atomic E-state index is 10.9. The quantitative estimate of drug-likeness (QED) is 0.475. The molecule has 0 heterocycles. The summed E-state index contributed by atoms with van der Waals surface area (Å²) >= 11 is 0. The smallest absolute Gasteiger partial charge is 0.305 e. The fraction of sp³-hybridized carbons (Fsp3) is 0.615. The molecule has 86 valence electrons. The van der Waals surface area contributed by atoms with Crippen LogP contribution in [0.5, 0.6) is 0 Å². The Morgan fingerprint density at radius 2 is 2.20 bits per heavy atom. The molecule has 15 heavy (non-hydrogen) atoms. The molecule has 0 saturated carbocycles. The molecule has 2 heteroatoms. The van der Waals surface area contributed by atoms with E-state index in [0.717, 1.165) is 12.8 Å². The standard InChI is InChI=1S/C13H22O2/c1-5-7-8-11(3)12(4)9-10-15-13(14)6-2/h5,8,12H,1,6-7,9-10H2,2-4H3/b11-8+. The van der Waals surface area contributed by atoms with Gasteiger partial charge in [0.1, 0.15) is 0 Å². The highest BCUT2D eigenvalue weighted by atomic mass is 16.5. The van der Waals surface area contributed by atoms with Gasteiger partial charge in [0.25, 0.3) is 0 Å². The first-order chi connectivity index (χ1) is 7.11. The summed E-state index contributed by atoms with van der Waals surface area (Å²) < 4.78 is 5.03. The summed E-state index contributed by atoms with van der Waals surface area (Å²) in [5.41, 5.74) is 1.34. The average Bonchev–Trinajstić information content (AvgIpc) is 2.25. The van der Waals surface area contributed by atoms with Gasteiger partial charge in [-0.3, -0.25) is 4.79 Å². The van der Waals surface area contributed by atoms with Crippen molar-refractivity contribution in [3.63, 3.8) is 0 Å². The molecule has 2 nitrogen and oxygen atoms in total. The molecule has 0 aromatic heterocycles. The normalized spacial score (nSPS) is 13.4. The van der Waals surface area contributed by atoms with Crippen LogP contribution in [0.1, 0.15) is 40.0 Å². The zero-order valence-electron chi connectivity index (χ0n) is 10.1. The molecule has 1 atom stereocenters. The Bertz CT molecular complexity index is 229. The van der Waals surface area contributed by atoms with E-state index >= 15 is 0 Å². The molecule has 0 radical (unpaired) electrons. The van der Waals surface area contributed by atoms with Crippen molar-refractivity contribution in [2.24, 2.45) is 5.92 Å². The molecule has 0 saturated heterocycles. The Kier molecular flexibility index (Phi) is 7.69. The van der Waals surface area contributed by atoms with Crippen molar-refractivity contribution in [3.05, 3.63) is 24.3 Å². The Morgan fingerprint density at radius 3 is 2.73 bits per heavy atom. The van der Waals surface area contributed by atoms with E-state index < -0.39 is 0 Å². The third-order valence-electron chi connectivity index (χ3n) is 2.49. The van der Waals surface area contributed by atoms with E-state index in [4.69, 9.17) is 4.74 Å². The highest BCUT2D eigenvalue weighted by Gasteiger charge is 2.05. The van der Waals surface area contributed by atoms with Gasteiger partial charge in [-0.25, -0.2) is 0 Å². The third kappa shape index (κ3) is 6.95. The maximum atomic E-state index is 10.9. The van der Waals surface area contributed by atoms with Crippen LogP contribution in [0.3, 0.4) is 0 Å². The van der Waals surface area contributed by atoms with E-state index in [1.54, 1.807) is 6.92 Å². The van der Waals surface area contributed by atoms with Crippen molar-refractivity contribution in [3.8, 4) is 0 Å². The molecule has 0 aromatic carbocycles. The minimum absolute atomic E-state index is 0.116. The molecule has 0 spiro atoms. The van der Waals surface area contributed by atoms with Gasteiger partial charge < -0.3 is 4.74 Å². The zero-order valence-corrected chi connectivity index (χ0v) is 10.1. The van der Waals surface area contributed by atoms with Gasteiger partial charge in [0.15, 0.2) is 0 Å². The lowest BCUT2D eigenvalue weighted by Crippen LogP contribution is -2.08. The van der Waals surface area contributed by atoms with Crippen molar-refractivity contribution in [2.45, 2.75) is 40.0 Å². The molecule has 0 aliphatic carbocycles. The lowest BCUT2D eigenvalue weighted by molar-refractivity contribution is -0.143. The van der Waals surface area contributed by atoms with Gasteiger partial charge in [-0.1, -0.05) is 31.6 Å². The monoisotopic (exact) mass is 210 g/mol. The second-order valence-electron chi connectivity index (χ2n) is 3.74. The van der Waals surface area contributed by atoms with Gasteiger partial charge >= 0.3 is 5.97 Å². The van der Waals surface area contributed by atoms with Crippen LogP contribution >= 0.6 is 0 Å². The largest absolute Gasteiger partial charge is 0.466 e. The molecular weight excluding hydrogens is 188 g/mol. The molecule has 0 aliphatic rings. The first kappa shape index (κ1) is 13.9. The van der Waals surface area contributed by atoms with Crippen molar-refractivity contribution < 1.29 is 9.53 Å². The van der Waals surface area contributed by atoms with Crippen LogP contribution in [-0.2, 0) is 9.53 Å². The summed E-state index contributed by atoms with van der Waals surface area (Å²) in [6.07, 6.45) is 6.31. The van der Waals surface area contributed by atoms with Crippen molar-refractivity contribution in [1.82, 2.24) is 0 Å². The number of ether oxygens (including phenoxy) is 1. The number of hydrogen-bond donors (Lipinski definition) is 0. The molecule has 1 unspecified atom stereocenters. The van der Waals surface area contributed by atoms with E-state index in [1.807, 2.05) is 6.08 Å². The van der Waals surface area contributed by atoms with Gasteiger partial charge in [-0.2, -0.15) is 0 Å². The summed E-state index contributed by atoms with van der Waals surface area (Å²) in [4.78, 5) is 10.9. The van der Waals surface area contributed by atoms with E-state index in [2.05, 4.69) is 26.5 Å². The number of carbonyl (C=O) groups excluding carboxylic acids is 1. The van der Waals surface area contributed by atoms with Gasteiger partial charge in [-0.05, 0) is 25.7 Å². The van der Waals surface area contributed by atoms with Gasteiger partial charge in [0, 0.05) is 6.42 Å². The first-order valence-electron chi connectivity index (χ1n) is 5.55. The molecule has 0 amide bonds. The Balaban J connectivity index is 3.77. The van der Waals surface area contributed by atoms with E-state index in [9.17, 15) is 4.79 Å². The fourth-order valence-corrected chi connectivity index (χ4v) is 1.15. The second-order valence-corrected chi connectivity index (χ2v) is 3.74. The van der Waals surface area contributed by atoms with Crippen LogP contribution < -0.4 is 0 Å². The van der Waals surface area contributed by atoms with Gasteiger partial charge in [0.2, 0.25) is 0 Å². The lowest BCUT2D eigenvalue weighted by Gasteiger charge is -2.12. The summed E-state index contributed by atoms with van der Waals surface area (Å²) in [5, 5.41) is 0. The Morgan fingerprint density at radius 1 is 1.53 bits per heavy atom. The predicted molar refractivity (Wildman–Crippen MR) is 63.6 cm³/mol. The SMILES string of the molecule is C=CC/C=C(\C)C(C)CCOC(=O)CC. The zero-order chi connectivity index (χ0) is 11.7. The molecule has 0 aliphatic heterocycles. The number of esters is 1. The minimum Gasteiger partial charge on any atom is -0.466 e. The first-order valence-corrected chi connectivity index (χ1v) is 5.55. The van der Waals surface area contributed by atoms with Crippen LogP contribution in [0.2, 0.25) is 0 Å². The number of allylic oxidation sites excluding steroid dienone is 3. The average molecular weight is 210 g/mol.